The molecule has 3 nitrogen and oxygen atoms in total. The van der Waals surface area contributed by atoms with Gasteiger partial charge in [-0.15, -0.1) is 0 Å². The largest absolute Gasteiger partial charge is 0.381 e. The van der Waals surface area contributed by atoms with E-state index in [4.69, 9.17) is 9.47 Å². The van der Waals surface area contributed by atoms with Crippen LogP contribution in [-0.4, -0.2) is 45.9 Å². The van der Waals surface area contributed by atoms with E-state index in [1.807, 2.05) is 7.05 Å². The summed E-state index contributed by atoms with van der Waals surface area (Å²) < 4.78 is 33.9. The summed E-state index contributed by atoms with van der Waals surface area (Å²) in [6.07, 6.45) is 0.505. The zero-order valence-corrected chi connectivity index (χ0v) is 9.75. The lowest BCUT2D eigenvalue weighted by Crippen LogP contribution is -2.37. The summed E-state index contributed by atoms with van der Waals surface area (Å²) in [6.45, 7) is 1.55. The lowest BCUT2D eigenvalue weighted by molar-refractivity contribution is 0.00780. The highest BCUT2D eigenvalue weighted by Crippen LogP contribution is 2.20. The Labute approximate surface area is 95.5 Å². The van der Waals surface area contributed by atoms with E-state index in [2.05, 4.69) is 5.32 Å². The molecule has 1 saturated heterocycles. The molecule has 1 aliphatic rings. The van der Waals surface area contributed by atoms with Crippen molar-refractivity contribution in [2.45, 2.75) is 31.7 Å². The first-order valence-corrected chi connectivity index (χ1v) is 5.85. The molecule has 1 N–H and O–H groups in total. The van der Waals surface area contributed by atoms with Crippen LogP contribution in [0.5, 0.6) is 0 Å². The molecule has 1 atom stereocenters. The number of rotatable bonds is 7. The molecule has 0 spiro atoms. The van der Waals surface area contributed by atoms with E-state index < -0.39 is 13.0 Å². The van der Waals surface area contributed by atoms with Crippen LogP contribution in [0.4, 0.5) is 8.78 Å². The summed E-state index contributed by atoms with van der Waals surface area (Å²) in [6, 6.07) is 0.349. The van der Waals surface area contributed by atoms with Crippen molar-refractivity contribution in [2.75, 3.05) is 33.5 Å². The smallest absolute Gasteiger partial charge is 0.261 e. The number of alkyl halides is 2. The van der Waals surface area contributed by atoms with E-state index in [1.54, 1.807) is 0 Å². The molecule has 0 amide bonds. The fourth-order valence-electron chi connectivity index (χ4n) is 2.12. The molecule has 0 radical (unpaired) electrons. The highest BCUT2D eigenvalue weighted by molar-refractivity contribution is 4.77. The van der Waals surface area contributed by atoms with E-state index in [1.165, 1.54) is 0 Å². The maximum atomic E-state index is 11.8. The van der Waals surface area contributed by atoms with Gasteiger partial charge in [-0.25, -0.2) is 8.78 Å². The first-order valence-electron chi connectivity index (χ1n) is 5.85. The standard InChI is InChI=1S/C11H21F2NO2/c1-14-10(4-7-16-8-11(12)13)9-2-5-15-6-3-9/h9-11,14H,2-8H2,1H3. The monoisotopic (exact) mass is 237 g/mol. The highest BCUT2D eigenvalue weighted by atomic mass is 19.3. The topological polar surface area (TPSA) is 30.5 Å². The maximum Gasteiger partial charge on any atom is 0.261 e. The highest BCUT2D eigenvalue weighted by Gasteiger charge is 2.22. The van der Waals surface area contributed by atoms with Crippen LogP contribution in [0.25, 0.3) is 0 Å². The van der Waals surface area contributed by atoms with Crippen LogP contribution in [-0.2, 0) is 9.47 Å². The molecule has 1 aliphatic heterocycles. The summed E-state index contributed by atoms with van der Waals surface area (Å²) in [5.74, 6) is 0.578. The second-order valence-electron chi connectivity index (χ2n) is 4.10. The average molecular weight is 237 g/mol. The minimum absolute atomic E-state index is 0.349. The van der Waals surface area contributed by atoms with Gasteiger partial charge in [0.1, 0.15) is 6.61 Å². The Balaban J connectivity index is 2.15. The van der Waals surface area contributed by atoms with E-state index >= 15 is 0 Å². The molecule has 0 aromatic carbocycles. The van der Waals surface area contributed by atoms with Crippen molar-refractivity contribution in [3.05, 3.63) is 0 Å². The van der Waals surface area contributed by atoms with E-state index in [0.29, 0.717) is 18.6 Å². The van der Waals surface area contributed by atoms with Gasteiger partial charge in [-0.05, 0) is 32.2 Å². The van der Waals surface area contributed by atoms with Gasteiger partial charge in [-0.1, -0.05) is 0 Å². The number of hydrogen-bond donors (Lipinski definition) is 1. The van der Waals surface area contributed by atoms with Gasteiger partial charge in [0, 0.05) is 25.9 Å². The van der Waals surface area contributed by atoms with Gasteiger partial charge in [0.2, 0.25) is 0 Å². The van der Waals surface area contributed by atoms with Crippen molar-refractivity contribution in [2.24, 2.45) is 5.92 Å². The first-order chi connectivity index (χ1) is 7.74. The van der Waals surface area contributed by atoms with Crippen LogP contribution in [0.3, 0.4) is 0 Å². The molecular weight excluding hydrogens is 216 g/mol. The van der Waals surface area contributed by atoms with Crippen molar-refractivity contribution >= 4 is 0 Å². The van der Waals surface area contributed by atoms with Crippen molar-refractivity contribution in [1.82, 2.24) is 5.32 Å². The lowest BCUT2D eigenvalue weighted by atomic mass is 9.90. The maximum absolute atomic E-state index is 11.8. The van der Waals surface area contributed by atoms with Gasteiger partial charge < -0.3 is 14.8 Å². The summed E-state index contributed by atoms with van der Waals surface area (Å²) in [4.78, 5) is 0. The Kier molecular flexibility index (Phi) is 6.84. The zero-order valence-electron chi connectivity index (χ0n) is 9.75. The second kappa shape index (κ2) is 7.92. The Bertz CT molecular complexity index is 175. The quantitative estimate of drug-likeness (QED) is 0.683. The third kappa shape index (κ3) is 5.18. The van der Waals surface area contributed by atoms with Crippen molar-refractivity contribution in [1.29, 1.82) is 0 Å². The average Bonchev–Trinajstić information content (AvgIpc) is 2.30. The Hall–Kier alpha value is -0.260. The van der Waals surface area contributed by atoms with E-state index in [0.717, 1.165) is 32.5 Å². The van der Waals surface area contributed by atoms with Crippen molar-refractivity contribution in [3.8, 4) is 0 Å². The fraction of sp³-hybridized carbons (Fsp3) is 1.00. The van der Waals surface area contributed by atoms with E-state index in [9.17, 15) is 8.78 Å². The Morgan fingerprint density at radius 3 is 2.62 bits per heavy atom. The number of hydrogen-bond acceptors (Lipinski definition) is 3. The molecule has 0 aromatic rings. The predicted molar refractivity (Wildman–Crippen MR) is 57.8 cm³/mol. The van der Waals surface area contributed by atoms with Crippen molar-refractivity contribution in [3.63, 3.8) is 0 Å². The van der Waals surface area contributed by atoms with Crippen LogP contribution in [0.15, 0.2) is 0 Å². The van der Waals surface area contributed by atoms with E-state index in [-0.39, 0.29) is 0 Å². The van der Waals surface area contributed by atoms with Gasteiger partial charge >= 0.3 is 0 Å². The molecule has 0 aromatic heterocycles. The van der Waals surface area contributed by atoms with Crippen molar-refractivity contribution < 1.29 is 18.3 Å². The summed E-state index contributed by atoms with van der Waals surface area (Å²) >= 11 is 0. The minimum atomic E-state index is -2.36. The third-order valence-electron chi connectivity index (χ3n) is 3.02. The zero-order chi connectivity index (χ0) is 11.8. The lowest BCUT2D eigenvalue weighted by Gasteiger charge is -2.30. The molecule has 1 rings (SSSR count). The normalized spacial score (nSPS) is 20.2. The summed E-state index contributed by atoms with van der Waals surface area (Å²) in [5, 5.41) is 3.24. The number of halogens is 2. The molecule has 16 heavy (non-hydrogen) atoms. The number of ether oxygens (including phenoxy) is 2. The molecule has 5 heteroatoms. The molecule has 0 aliphatic carbocycles. The Morgan fingerprint density at radius 1 is 1.38 bits per heavy atom. The molecule has 1 unspecified atom stereocenters. The minimum Gasteiger partial charge on any atom is -0.381 e. The summed E-state index contributed by atoms with van der Waals surface area (Å²) in [5.41, 5.74) is 0. The molecule has 0 bridgehead atoms. The van der Waals surface area contributed by atoms with Crippen LogP contribution < -0.4 is 5.32 Å². The molecule has 0 saturated carbocycles. The van der Waals surface area contributed by atoms with Gasteiger partial charge in [-0.3, -0.25) is 0 Å². The fourth-order valence-corrected chi connectivity index (χ4v) is 2.12. The van der Waals surface area contributed by atoms with Crippen LogP contribution >= 0.6 is 0 Å². The predicted octanol–water partition coefficient (Wildman–Crippen LogP) is 1.67. The molecule has 1 fully saturated rings. The van der Waals surface area contributed by atoms with Crippen LogP contribution in [0.1, 0.15) is 19.3 Å². The SMILES string of the molecule is CNC(CCOCC(F)F)C1CCOCC1. The van der Waals surface area contributed by atoms with Crippen LogP contribution in [0, 0.1) is 5.92 Å². The van der Waals surface area contributed by atoms with Crippen LogP contribution in [0.2, 0.25) is 0 Å². The second-order valence-corrected chi connectivity index (χ2v) is 4.10. The summed E-state index contributed by atoms with van der Waals surface area (Å²) in [7, 11) is 1.91. The molecule has 96 valence electrons. The number of nitrogens with one attached hydrogen (secondary N) is 1. The van der Waals surface area contributed by atoms with Gasteiger partial charge in [0.25, 0.3) is 6.43 Å². The Morgan fingerprint density at radius 2 is 2.06 bits per heavy atom. The molecular formula is C11H21F2NO2. The third-order valence-corrected chi connectivity index (χ3v) is 3.02. The molecule has 1 heterocycles. The van der Waals surface area contributed by atoms with Gasteiger partial charge in [0.05, 0.1) is 0 Å². The van der Waals surface area contributed by atoms with Gasteiger partial charge in [0.15, 0.2) is 0 Å². The van der Waals surface area contributed by atoms with Gasteiger partial charge in [-0.2, -0.15) is 0 Å². The first kappa shape index (κ1) is 13.8.